The van der Waals surface area contributed by atoms with Crippen LogP contribution in [0.5, 0.6) is 0 Å². The summed E-state index contributed by atoms with van der Waals surface area (Å²) in [5.74, 6) is 0.782. The first-order valence-electron chi connectivity index (χ1n) is 9.25. The minimum atomic E-state index is -0.787. The van der Waals surface area contributed by atoms with Crippen molar-refractivity contribution in [1.29, 1.82) is 0 Å². The summed E-state index contributed by atoms with van der Waals surface area (Å²) in [6, 6.07) is 6.32. The third kappa shape index (κ3) is 3.92. The van der Waals surface area contributed by atoms with E-state index in [0.717, 1.165) is 0 Å². The number of anilines is 2. The maximum Gasteiger partial charge on any atom is 0.416 e. The molecule has 30 heavy (non-hydrogen) atoms. The molecule has 0 bridgehead atoms. The van der Waals surface area contributed by atoms with Crippen LogP contribution in [0.3, 0.4) is 0 Å². The molecule has 4 rings (SSSR count). The summed E-state index contributed by atoms with van der Waals surface area (Å²) in [4.78, 5) is 26.2. The first-order valence-corrected chi connectivity index (χ1v) is 9.25. The summed E-state index contributed by atoms with van der Waals surface area (Å²) in [5.41, 5.74) is 0.619. The van der Waals surface area contributed by atoms with Gasteiger partial charge in [-0.15, -0.1) is 0 Å². The highest BCUT2D eigenvalue weighted by Crippen LogP contribution is 2.25. The number of aromatic nitrogens is 4. The number of aliphatic hydroxyl groups excluding tert-OH is 1. The second-order valence-electron chi connectivity index (χ2n) is 6.82. The zero-order valence-electron chi connectivity index (χ0n) is 16.2. The van der Waals surface area contributed by atoms with E-state index < -0.39 is 24.3 Å². The van der Waals surface area contributed by atoms with Gasteiger partial charge in [0.05, 0.1) is 6.10 Å². The van der Waals surface area contributed by atoms with Gasteiger partial charge in [-0.2, -0.15) is 9.97 Å². The van der Waals surface area contributed by atoms with Crippen LogP contribution in [0.25, 0.3) is 11.4 Å². The van der Waals surface area contributed by atoms with Gasteiger partial charge in [-0.3, -0.25) is 4.90 Å². The van der Waals surface area contributed by atoms with E-state index >= 15 is 0 Å². The van der Waals surface area contributed by atoms with Crippen LogP contribution in [0, 0.1) is 5.82 Å². The molecule has 1 aliphatic heterocycles. The number of nitrogens with one attached hydrogen (secondary N) is 1. The molecule has 11 heteroatoms. The van der Waals surface area contributed by atoms with E-state index in [2.05, 4.69) is 25.4 Å². The molecule has 156 valence electrons. The van der Waals surface area contributed by atoms with Gasteiger partial charge in [0, 0.05) is 11.8 Å². The molecule has 1 aliphatic rings. The van der Waals surface area contributed by atoms with Crippen molar-refractivity contribution in [3.63, 3.8) is 0 Å². The van der Waals surface area contributed by atoms with Crippen molar-refractivity contribution >= 4 is 17.9 Å². The Kier molecular flexibility index (Phi) is 5.27. The number of halogens is 1. The van der Waals surface area contributed by atoms with E-state index in [9.17, 15) is 14.3 Å². The number of cyclic esters (lactones) is 1. The number of carbonyl (C=O) groups excluding carboxylic acids is 1. The molecule has 1 amide bonds. The zero-order valence-corrected chi connectivity index (χ0v) is 16.2. The monoisotopic (exact) mass is 414 g/mol. The van der Waals surface area contributed by atoms with Gasteiger partial charge in [-0.05, 0) is 44.2 Å². The number of aliphatic hydroxyl groups is 1. The molecule has 1 fully saturated rings. The van der Waals surface area contributed by atoms with Crippen LogP contribution in [0.15, 0.2) is 41.1 Å². The highest BCUT2D eigenvalue weighted by atomic mass is 19.1. The summed E-state index contributed by atoms with van der Waals surface area (Å²) in [6.45, 7) is 3.44. The van der Waals surface area contributed by atoms with Crippen molar-refractivity contribution < 1.29 is 23.6 Å². The molecule has 0 radical (unpaired) electrons. The quantitative estimate of drug-likeness (QED) is 0.625. The molecule has 1 saturated heterocycles. The van der Waals surface area contributed by atoms with Gasteiger partial charge < -0.3 is 19.7 Å². The third-order valence-corrected chi connectivity index (χ3v) is 4.61. The van der Waals surface area contributed by atoms with Crippen LogP contribution in [-0.4, -0.2) is 50.1 Å². The van der Waals surface area contributed by atoms with Gasteiger partial charge in [-0.25, -0.2) is 14.2 Å². The SMILES string of the molecule is C[C@H](Nc1nccc(N2C(=O)OC[C@@H]2[C@@H](C)O)n1)c1nc(-c2ccc(F)cc2)no1. The first kappa shape index (κ1) is 19.7. The highest BCUT2D eigenvalue weighted by Gasteiger charge is 2.38. The molecule has 10 nitrogen and oxygen atoms in total. The molecule has 3 aromatic rings. The minimum Gasteiger partial charge on any atom is -0.447 e. The summed E-state index contributed by atoms with van der Waals surface area (Å²) < 4.78 is 23.4. The van der Waals surface area contributed by atoms with Crippen LogP contribution in [0.2, 0.25) is 0 Å². The van der Waals surface area contributed by atoms with Crippen molar-refractivity contribution in [1.82, 2.24) is 20.1 Å². The van der Waals surface area contributed by atoms with Crippen LogP contribution in [0.1, 0.15) is 25.8 Å². The Hall–Kier alpha value is -3.60. The second-order valence-corrected chi connectivity index (χ2v) is 6.82. The fourth-order valence-corrected chi connectivity index (χ4v) is 2.99. The summed E-state index contributed by atoms with van der Waals surface area (Å²) in [7, 11) is 0. The summed E-state index contributed by atoms with van der Waals surface area (Å²) >= 11 is 0. The average Bonchev–Trinajstić information content (AvgIpc) is 3.36. The number of hydrogen-bond donors (Lipinski definition) is 2. The fourth-order valence-electron chi connectivity index (χ4n) is 2.99. The smallest absolute Gasteiger partial charge is 0.416 e. The summed E-state index contributed by atoms with van der Waals surface area (Å²) in [6.07, 6.45) is 0.115. The zero-order chi connectivity index (χ0) is 21.3. The van der Waals surface area contributed by atoms with Gasteiger partial charge in [0.1, 0.15) is 30.3 Å². The van der Waals surface area contributed by atoms with Crippen LogP contribution < -0.4 is 10.2 Å². The standard InChI is InChI=1S/C19H19FN6O4/c1-10(17-24-16(25-30-17)12-3-5-13(20)6-4-12)22-18-21-8-7-15(23-18)26-14(11(2)27)9-29-19(26)28/h3-8,10-11,14,27H,9H2,1-2H3,(H,21,22,23)/t10-,11+,14+/m0/s1. The number of benzene rings is 1. The van der Waals surface area contributed by atoms with E-state index in [-0.39, 0.29) is 24.3 Å². The highest BCUT2D eigenvalue weighted by molar-refractivity contribution is 5.89. The Labute approximate surface area is 170 Å². The Morgan fingerprint density at radius 3 is 2.73 bits per heavy atom. The lowest BCUT2D eigenvalue weighted by Gasteiger charge is -2.22. The van der Waals surface area contributed by atoms with Gasteiger partial charge in [0.25, 0.3) is 0 Å². The molecule has 3 heterocycles. The Bertz CT molecular complexity index is 1040. The lowest BCUT2D eigenvalue weighted by atomic mass is 10.2. The third-order valence-electron chi connectivity index (χ3n) is 4.61. The van der Waals surface area contributed by atoms with E-state index in [1.54, 1.807) is 32.0 Å². The number of hydrogen-bond acceptors (Lipinski definition) is 9. The molecule has 0 unspecified atom stereocenters. The minimum absolute atomic E-state index is 0.0772. The Morgan fingerprint density at radius 2 is 2.00 bits per heavy atom. The lowest BCUT2D eigenvalue weighted by Crippen LogP contribution is -2.41. The van der Waals surface area contributed by atoms with Crippen molar-refractivity contribution in [2.75, 3.05) is 16.8 Å². The average molecular weight is 414 g/mol. The molecule has 2 aromatic heterocycles. The fraction of sp³-hybridized carbons (Fsp3) is 0.316. The number of rotatable bonds is 6. The predicted octanol–water partition coefficient (Wildman–Crippen LogP) is 2.54. The molecule has 0 saturated carbocycles. The Morgan fingerprint density at radius 1 is 1.23 bits per heavy atom. The predicted molar refractivity (Wildman–Crippen MR) is 103 cm³/mol. The van der Waals surface area contributed by atoms with Gasteiger partial charge in [0.2, 0.25) is 17.7 Å². The van der Waals surface area contributed by atoms with E-state index in [1.165, 1.54) is 23.2 Å². The molecule has 1 aromatic carbocycles. The normalized spacial score (nSPS) is 18.2. The maximum atomic E-state index is 13.1. The van der Waals surface area contributed by atoms with Crippen molar-refractivity contribution in [3.8, 4) is 11.4 Å². The number of amides is 1. The molecular weight excluding hydrogens is 395 g/mol. The molecule has 0 spiro atoms. The molecule has 0 aliphatic carbocycles. The molecular formula is C19H19FN6O4. The Balaban J connectivity index is 1.50. The molecule has 3 atom stereocenters. The van der Waals surface area contributed by atoms with Gasteiger partial charge >= 0.3 is 6.09 Å². The number of nitrogens with zero attached hydrogens (tertiary/aromatic N) is 5. The van der Waals surface area contributed by atoms with Crippen molar-refractivity contribution in [3.05, 3.63) is 48.2 Å². The van der Waals surface area contributed by atoms with Crippen molar-refractivity contribution in [2.45, 2.75) is 32.0 Å². The molecule has 2 N–H and O–H groups in total. The number of ether oxygens (including phenoxy) is 1. The van der Waals surface area contributed by atoms with Crippen LogP contribution in [0.4, 0.5) is 21.0 Å². The second kappa shape index (κ2) is 8.03. The van der Waals surface area contributed by atoms with E-state index in [1.807, 2.05) is 0 Å². The first-order chi connectivity index (χ1) is 14.4. The van der Waals surface area contributed by atoms with Crippen molar-refractivity contribution in [2.24, 2.45) is 0 Å². The number of carbonyl (C=O) groups is 1. The van der Waals surface area contributed by atoms with Crippen LogP contribution >= 0.6 is 0 Å². The van der Waals surface area contributed by atoms with Gasteiger partial charge in [-0.1, -0.05) is 5.16 Å². The van der Waals surface area contributed by atoms with E-state index in [4.69, 9.17) is 9.26 Å². The van der Waals surface area contributed by atoms with E-state index in [0.29, 0.717) is 17.2 Å². The summed E-state index contributed by atoms with van der Waals surface area (Å²) in [5, 5.41) is 16.8. The topological polar surface area (TPSA) is 127 Å². The van der Waals surface area contributed by atoms with Gasteiger partial charge in [0.15, 0.2) is 0 Å². The maximum absolute atomic E-state index is 13.1. The lowest BCUT2D eigenvalue weighted by molar-refractivity contribution is 0.142. The largest absolute Gasteiger partial charge is 0.447 e. The van der Waals surface area contributed by atoms with Crippen LogP contribution in [-0.2, 0) is 4.74 Å².